The first kappa shape index (κ1) is 20.2. The molecule has 9 heteroatoms. The number of aryl methyl sites for hydroxylation is 2. The lowest BCUT2D eigenvalue weighted by Gasteiger charge is -2.37. The first-order chi connectivity index (χ1) is 15.1. The maximum Gasteiger partial charge on any atom is 0.225 e. The summed E-state index contributed by atoms with van der Waals surface area (Å²) in [5.74, 6) is 1.96. The third-order valence-corrected chi connectivity index (χ3v) is 7.23. The number of amides is 2. The van der Waals surface area contributed by atoms with Crippen LogP contribution in [0.5, 0.6) is 0 Å². The fourth-order valence-corrected chi connectivity index (χ4v) is 5.34. The van der Waals surface area contributed by atoms with Gasteiger partial charge in [0.05, 0.1) is 0 Å². The number of hydrogen-bond donors (Lipinski definition) is 1. The van der Waals surface area contributed by atoms with Crippen LogP contribution in [0.4, 0.5) is 5.82 Å². The molecule has 0 bridgehead atoms. The van der Waals surface area contributed by atoms with Gasteiger partial charge in [0, 0.05) is 51.0 Å². The number of nitrogens with zero attached hydrogens (tertiary/aromatic N) is 6. The van der Waals surface area contributed by atoms with E-state index in [1.54, 1.807) is 6.33 Å². The summed E-state index contributed by atoms with van der Waals surface area (Å²) in [6.07, 6.45) is 9.23. The van der Waals surface area contributed by atoms with Crippen LogP contribution in [0.15, 0.2) is 6.33 Å². The second kappa shape index (κ2) is 8.43. The van der Waals surface area contributed by atoms with Gasteiger partial charge in [-0.1, -0.05) is 6.42 Å². The van der Waals surface area contributed by atoms with Crippen LogP contribution in [0, 0.1) is 11.8 Å². The molecule has 2 N–H and O–H groups in total. The molecule has 2 amide bonds. The van der Waals surface area contributed by atoms with Crippen LogP contribution < -0.4 is 10.6 Å². The summed E-state index contributed by atoms with van der Waals surface area (Å²) in [6, 6.07) is 0. The molecule has 0 unspecified atom stereocenters. The maximum atomic E-state index is 13.0. The zero-order valence-electron chi connectivity index (χ0n) is 18.0. The van der Waals surface area contributed by atoms with Crippen molar-refractivity contribution in [2.45, 2.75) is 57.9 Å². The van der Waals surface area contributed by atoms with E-state index >= 15 is 0 Å². The summed E-state index contributed by atoms with van der Waals surface area (Å²) >= 11 is 0. The number of likely N-dealkylation sites (tertiary alicyclic amines) is 1. The predicted molar refractivity (Wildman–Crippen MR) is 116 cm³/mol. The van der Waals surface area contributed by atoms with E-state index in [1.165, 1.54) is 19.3 Å². The Labute approximate surface area is 182 Å². The Kier molecular flexibility index (Phi) is 5.50. The molecule has 2 aromatic heterocycles. The number of carbonyl (C=O) groups excluding carboxylic acids is 2. The van der Waals surface area contributed by atoms with Crippen LogP contribution in [0.3, 0.4) is 0 Å². The van der Waals surface area contributed by atoms with E-state index in [0.717, 1.165) is 61.7 Å². The van der Waals surface area contributed by atoms with Crippen molar-refractivity contribution in [3.05, 3.63) is 12.2 Å². The molecule has 0 aliphatic carbocycles. The van der Waals surface area contributed by atoms with Crippen LogP contribution in [-0.2, 0) is 22.6 Å². The molecule has 166 valence electrons. The molecule has 0 atom stereocenters. The smallest absolute Gasteiger partial charge is 0.225 e. The standard InChI is InChI=1S/C22H31N7O2/c23-19(30)15-5-12-28(13-6-15)22(31)16-7-10-27(11-8-16)20-18-21(25-14-24-20)29-9-3-1-2-4-17(29)26-18/h14-16H,1-13H2,(H2,23,30). The van der Waals surface area contributed by atoms with Crippen LogP contribution in [-0.4, -0.2) is 62.4 Å². The van der Waals surface area contributed by atoms with Gasteiger partial charge in [-0.05, 0) is 38.5 Å². The van der Waals surface area contributed by atoms with Crippen LogP contribution in [0.2, 0.25) is 0 Å². The molecule has 2 saturated heterocycles. The van der Waals surface area contributed by atoms with E-state index in [-0.39, 0.29) is 23.7 Å². The van der Waals surface area contributed by atoms with Crippen molar-refractivity contribution in [1.29, 1.82) is 0 Å². The Morgan fingerprint density at radius 2 is 1.65 bits per heavy atom. The monoisotopic (exact) mass is 425 g/mol. The lowest BCUT2D eigenvalue weighted by molar-refractivity contribution is -0.139. The molecule has 2 fully saturated rings. The molecule has 0 spiro atoms. The van der Waals surface area contributed by atoms with Crippen molar-refractivity contribution < 1.29 is 9.59 Å². The number of imidazole rings is 1. The number of fused-ring (bicyclic) bond motifs is 3. The van der Waals surface area contributed by atoms with Crippen molar-refractivity contribution in [3.63, 3.8) is 0 Å². The van der Waals surface area contributed by atoms with E-state index in [0.29, 0.717) is 25.9 Å². The van der Waals surface area contributed by atoms with Gasteiger partial charge in [-0.3, -0.25) is 9.59 Å². The fourth-order valence-electron chi connectivity index (χ4n) is 5.34. The summed E-state index contributed by atoms with van der Waals surface area (Å²) in [7, 11) is 0. The van der Waals surface area contributed by atoms with Crippen LogP contribution >= 0.6 is 0 Å². The molecular weight excluding hydrogens is 394 g/mol. The molecule has 5 heterocycles. The number of aromatic nitrogens is 4. The van der Waals surface area contributed by atoms with Gasteiger partial charge in [0.1, 0.15) is 12.2 Å². The van der Waals surface area contributed by atoms with E-state index in [4.69, 9.17) is 10.7 Å². The fraction of sp³-hybridized carbons (Fsp3) is 0.682. The minimum atomic E-state index is -0.242. The Morgan fingerprint density at radius 1 is 0.903 bits per heavy atom. The first-order valence-electron chi connectivity index (χ1n) is 11.6. The molecule has 3 aliphatic rings. The van der Waals surface area contributed by atoms with Gasteiger partial charge < -0.3 is 20.1 Å². The zero-order valence-corrected chi connectivity index (χ0v) is 18.0. The van der Waals surface area contributed by atoms with Crippen LogP contribution in [0.25, 0.3) is 11.2 Å². The molecule has 3 aliphatic heterocycles. The van der Waals surface area contributed by atoms with Crippen molar-refractivity contribution in [2.75, 3.05) is 31.1 Å². The largest absolute Gasteiger partial charge is 0.369 e. The van der Waals surface area contributed by atoms with Gasteiger partial charge in [-0.25, -0.2) is 15.0 Å². The number of carbonyl (C=O) groups is 2. The Balaban J connectivity index is 1.25. The highest BCUT2D eigenvalue weighted by Gasteiger charge is 2.33. The Bertz CT molecular complexity index is 972. The van der Waals surface area contributed by atoms with Crippen molar-refractivity contribution in [3.8, 4) is 0 Å². The van der Waals surface area contributed by atoms with Gasteiger partial charge >= 0.3 is 0 Å². The summed E-state index contributed by atoms with van der Waals surface area (Å²) in [4.78, 5) is 42.6. The Morgan fingerprint density at radius 3 is 2.39 bits per heavy atom. The minimum Gasteiger partial charge on any atom is -0.369 e. The highest BCUT2D eigenvalue weighted by atomic mass is 16.2. The maximum absolute atomic E-state index is 13.0. The first-order valence-corrected chi connectivity index (χ1v) is 11.6. The molecule has 0 saturated carbocycles. The summed E-state index contributed by atoms with van der Waals surface area (Å²) in [6.45, 7) is 3.84. The third kappa shape index (κ3) is 3.85. The lowest BCUT2D eigenvalue weighted by atomic mass is 9.92. The predicted octanol–water partition coefficient (Wildman–Crippen LogP) is 1.49. The van der Waals surface area contributed by atoms with E-state index < -0.39 is 0 Å². The molecule has 31 heavy (non-hydrogen) atoms. The van der Waals surface area contributed by atoms with Gasteiger partial charge in [0.2, 0.25) is 11.8 Å². The topological polar surface area (TPSA) is 110 Å². The average Bonchev–Trinajstić information content (AvgIpc) is 2.99. The second-order valence-electron chi connectivity index (χ2n) is 9.12. The molecule has 0 aromatic carbocycles. The SMILES string of the molecule is NC(=O)C1CCN(C(=O)C2CCN(c3ncnc4c3nc3n4CCCCC3)CC2)CC1. The van der Waals surface area contributed by atoms with Gasteiger partial charge in [-0.2, -0.15) is 0 Å². The van der Waals surface area contributed by atoms with Crippen molar-refractivity contribution in [2.24, 2.45) is 17.6 Å². The average molecular weight is 426 g/mol. The number of anilines is 1. The second-order valence-corrected chi connectivity index (χ2v) is 9.12. The minimum absolute atomic E-state index is 0.0393. The highest BCUT2D eigenvalue weighted by Crippen LogP contribution is 2.30. The lowest BCUT2D eigenvalue weighted by Crippen LogP contribution is -2.47. The molecule has 0 radical (unpaired) electrons. The molecule has 2 aromatic rings. The van der Waals surface area contributed by atoms with Crippen LogP contribution in [0.1, 0.15) is 50.8 Å². The number of piperidine rings is 2. The number of primary amides is 1. The highest BCUT2D eigenvalue weighted by molar-refractivity contribution is 5.84. The van der Waals surface area contributed by atoms with Gasteiger partial charge in [0.25, 0.3) is 0 Å². The quantitative estimate of drug-likeness (QED) is 0.798. The molecular formula is C22H31N7O2. The van der Waals surface area contributed by atoms with Crippen molar-refractivity contribution >= 4 is 28.8 Å². The molecule has 5 rings (SSSR count). The number of rotatable bonds is 3. The van der Waals surface area contributed by atoms with E-state index in [1.807, 2.05) is 4.90 Å². The van der Waals surface area contributed by atoms with E-state index in [2.05, 4.69) is 19.4 Å². The normalized spacial score (nSPS) is 21.2. The van der Waals surface area contributed by atoms with Crippen molar-refractivity contribution in [1.82, 2.24) is 24.4 Å². The number of nitrogens with two attached hydrogens (primary N) is 1. The van der Waals surface area contributed by atoms with E-state index in [9.17, 15) is 9.59 Å². The zero-order chi connectivity index (χ0) is 21.4. The van der Waals surface area contributed by atoms with Gasteiger partial charge in [-0.15, -0.1) is 0 Å². The summed E-state index contributed by atoms with van der Waals surface area (Å²) < 4.78 is 2.26. The summed E-state index contributed by atoms with van der Waals surface area (Å²) in [5.41, 5.74) is 7.26. The van der Waals surface area contributed by atoms with Gasteiger partial charge in [0.15, 0.2) is 17.0 Å². The number of hydrogen-bond acceptors (Lipinski definition) is 6. The third-order valence-electron chi connectivity index (χ3n) is 7.23. The Hall–Kier alpha value is -2.71. The molecule has 9 nitrogen and oxygen atoms in total. The summed E-state index contributed by atoms with van der Waals surface area (Å²) in [5, 5.41) is 0.